The van der Waals surface area contributed by atoms with Crippen LogP contribution in [0, 0.1) is 0 Å². The van der Waals surface area contributed by atoms with E-state index in [1.165, 1.54) is 0 Å². The van der Waals surface area contributed by atoms with E-state index in [2.05, 4.69) is 0 Å². The van der Waals surface area contributed by atoms with Crippen LogP contribution in [-0.4, -0.2) is 43.6 Å². The van der Waals surface area contributed by atoms with Crippen LogP contribution in [0.1, 0.15) is 65.2 Å². The maximum atomic E-state index is 11.3. The molecule has 2 atom stereocenters. The molecule has 0 bridgehead atoms. The highest BCUT2D eigenvalue weighted by Gasteiger charge is 2.59. The van der Waals surface area contributed by atoms with E-state index >= 15 is 0 Å². The molecule has 4 N–H and O–H groups in total. The zero-order chi connectivity index (χ0) is 15.8. The van der Waals surface area contributed by atoms with Crippen LogP contribution in [0.25, 0.3) is 0 Å². The van der Waals surface area contributed by atoms with Gasteiger partial charge in [-0.2, -0.15) is 0 Å². The lowest BCUT2D eigenvalue weighted by atomic mass is 9.75. The van der Waals surface area contributed by atoms with Gasteiger partial charge in [0.1, 0.15) is 0 Å². The molecule has 6 nitrogen and oxygen atoms in total. The van der Waals surface area contributed by atoms with Crippen LogP contribution in [0.4, 0.5) is 0 Å². The Kier molecular flexibility index (Phi) is 7.75. The summed E-state index contributed by atoms with van der Waals surface area (Å²) in [5.74, 6) is -3.37. The standard InChI is InChI=1S/C14H26O6/c1-3-5-7-9-13(19,11(15)16)14(20,12(17)18)10-8-6-4-2/h19-20H,3-10H2,1-2H3,(H,15,16)(H,17,18). The maximum Gasteiger partial charge on any atom is 0.339 e. The van der Waals surface area contributed by atoms with Gasteiger partial charge in [-0.05, 0) is 25.7 Å². The Morgan fingerprint density at radius 2 is 1.05 bits per heavy atom. The second kappa shape index (κ2) is 8.21. The van der Waals surface area contributed by atoms with Gasteiger partial charge in [0.2, 0.25) is 11.2 Å². The maximum absolute atomic E-state index is 11.3. The van der Waals surface area contributed by atoms with E-state index in [1.54, 1.807) is 0 Å². The number of carboxylic acids is 2. The highest BCUT2D eigenvalue weighted by atomic mass is 16.5. The molecule has 0 amide bonds. The molecule has 2 unspecified atom stereocenters. The smallest absolute Gasteiger partial charge is 0.339 e. The molecule has 0 fully saturated rings. The molecule has 0 aromatic rings. The summed E-state index contributed by atoms with van der Waals surface area (Å²) >= 11 is 0. The van der Waals surface area contributed by atoms with Crippen molar-refractivity contribution in [3.8, 4) is 0 Å². The molecule has 0 radical (unpaired) electrons. The lowest BCUT2D eigenvalue weighted by molar-refractivity contribution is -0.210. The molecule has 0 aliphatic rings. The van der Waals surface area contributed by atoms with Crippen molar-refractivity contribution in [2.75, 3.05) is 0 Å². The van der Waals surface area contributed by atoms with Crippen LogP contribution in [0.2, 0.25) is 0 Å². The van der Waals surface area contributed by atoms with Gasteiger partial charge in [0.05, 0.1) is 0 Å². The minimum Gasteiger partial charge on any atom is -0.479 e. The summed E-state index contributed by atoms with van der Waals surface area (Å²) < 4.78 is 0. The number of unbranched alkanes of at least 4 members (excludes halogenated alkanes) is 4. The molecule has 0 spiro atoms. The first-order valence-corrected chi connectivity index (χ1v) is 7.17. The van der Waals surface area contributed by atoms with Crippen molar-refractivity contribution < 1.29 is 30.0 Å². The van der Waals surface area contributed by atoms with E-state index in [4.69, 9.17) is 0 Å². The minimum atomic E-state index is -2.65. The first-order chi connectivity index (χ1) is 9.26. The average molecular weight is 290 g/mol. The van der Waals surface area contributed by atoms with Crippen LogP contribution < -0.4 is 0 Å². The molecular weight excluding hydrogens is 264 g/mol. The summed E-state index contributed by atoms with van der Waals surface area (Å²) in [7, 11) is 0. The number of carboxylic acid groups (broad SMARTS) is 2. The molecular formula is C14H26O6. The van der Waals surface area contributed by atoms with Crippen molar-refractivity contribution in [3.63, 3.8) is 0 Å². The zero-order valence-corrected chi connectivity index (χ0v) is 12.3. The highest BCUT2D eigenvalue weighted by molar-refractivity contribution is 5.90. The van der Waals surface area contributed by atoms with Crippen molar-refractivity contribution in [3.05, 3.63) is 0 Å². The van der Waals surface area contributed by atoms with Crippen molar-refractivity contribution >= 4 is 11.9 Å². The van der Waals surface area contributed by atoms with Crippen LogP contribution in [-0.2, 0) is 9.59 Å². The van der Waals surface area contributed by atoms with Crippen molar-refractivity contribution in [1.29, 1.82) is 0 Å². The van der Waals surface area contributed by atoms with E-state index < -0.39 is 23.1 Å². The molecule has 20 heavy (non-hydrogen) atoms. The Hall–Kier alpha value is -1.14. The van der Waals surface area contributed by atoms with Crippen LogP contribution in [0.15, 0.2) is 0 Å². The van der Waals surface area contributed by atoms with Crippen LogP contribution in [0.3, 0.4) is 0 Å². The van der Waals surface area contributed by atoms with Gasteiger partial charge in [-0.3, -0.25) is 0 Å². The minimum absolute atomic E-state index is 0.273. The monoisotopic (exact) mass is 290 g/mol. The molecule has 118 valence electrons. The average Bonchev–Trinajstić information content (AvgIpc) is 2.38. The zero-order valence-electron chi connectivity index (χ0n) is 12.3. The van der Waals surface area contributed by atoms with Crippen molar-refractivity contribution in [1.82, 2.24) is 0 Å². The summed E-state index contributed by atoms with van der Waals surface area (Å²) in [4.78, 5) is 22.7. The van der Waals surface area contributed by atoms with Gasteiger partial charge in [0.15, 0.2) is 0 Å². The van der Waals surface area contributed by atoms with Crippen LogP contribution in [0.5, 0.6) is 0 Å². The number of aliphatic carboxylic acids is 2. The third kappa shape index (κ3) is 4.18. The third-order valence-corrected chi connectivity index (χ3v) is 3.68. The normalized spacial score (nSPS) is 17.2. The van der Waals surface area contributed by atoms with E-state index in [0.717, 1.165) is 12.8 Å². The topological polar surface area (TPSA) is 115 Å². The quantitative estimate of drug-likeness (QED) is 0.431. The summed E-state index contributed by atoms with van der Waals surface area (Å²) in [5.41, 5.74) is -5.30. The van der Waals surface area contributed by atoms with E-state index in [0.29, 0.717) is 25.7 Å². The molecule has 0 rings (SSSR count). The number of hydrogen-bond donors (Lipinski definition) is 4. The fraction of sp³-hybridized carbons (Fsp3) is 0.857. The Balaban J connectivity index is 5.21. The molecule has 0 aliphatic heterocycles. The second-order valence-corrected chi connectivity index (χ2v) is 5.25. The first-order valence-electron chi connectivity index (χ1n) is 7.17. The van der Waals surface area contributed by atoms with Crippen molar-refractivity contribution in [2.45, 2.75) is 76.4 Å². The number of rotatable bonds is 11. The second-order valence-electron chi connectivity index (χ2n) is 5.25. The summed E-state index contributed by atoms with van der Waals surface area (Å²) in [5, 5.41) is 38.9. The van der Waals surface area contributed by atoms with Gasteiger partial charge < -0.3 is 20.4 Å². The fourth-order valence-corrected chi connectivity index (χ4v) is 2.24. The van der Waals surface area contributed by atoms with Crippen molar-refractivity contribution in [2.24, 2.45) is 0 Å². The molecule has 0 aromatic carbocycles. The van der Waals surface area contributed by atoms with Crippen LogP contribution >= 0.6 is 0 Å². The molecule has 6 heteroatoms. The molecule has 0 aliphatic carbocycles. The van der Waals surface area contributed by atoms with Gasteiger partial charge in [0.25, 0.3) is 0 Å². The molecule has 0 saturated carbocycles. The lowest BCUT2D eigenvalue weighted by Crippen LogP contribution is -2.63. The number of aliphatic hydroxyl groups is 2. The summed E-state index contributed by atoms with van der Waals surface area (Å²) in [6.07, 6.45) is 3.09. The molecule has 0 aromatic heterocycles. The first kappa shape index (κ1) is 18.9. The molecule has 0 saturated heterocycles. The Morgan fingerprint density at radius 3 is 1.25 bits per heavy atom. The van der Waals surface area contributed by atoms with E-state index in [-0.39, 0.29) is 12.8 Å². The largest absolute Gasteiger partial charge is 0.479 e. The van der Waals surface area contributed by atoms with Gasteiger partial charge in [-0.15, -0.1) is 0 Å². The predicted octanol–water partition coefficient (Wildman–Crippen LogP) is 1.78. The van der Waals surface area contributed by atoms with E-state index in [1.807, 2.05) is 13.8 Å². The van der Waals surface area contributed by atoms with Gasteiger partial charge >= 0.3 is 11.9 Å². The Labute approximate surface area is 119 Å². The van der Waals surface area contributed by atoms with E-state index in [9.17, 15) is 30.0 Å². The Bertz CT molecular complexity index is 298. The van der Waals surface area contributed by atoms with Gasteiger partial charge in [-0.25, -0.2) is 9.59 Å². The Morgan fingerprint density at radius 1 is 0.750 bits per heavy atom. The fourth-order valence-electron chi connectivity index (χ4n) is 2.24. The number of carbonyl (C=O) groups is 2. The SMILES string of the molecule is CCCCCC(O)(C(=O)O)C(O)(CCCCC)C(=O)O. The van der Waals surface area contributed by atoms with Gasteiger partial charge in [0, 0.05) is 0 Å². The predicted molar refractivity (Wildman–Crippen MR) is 73.5 cm³/mol. The summed E-state index contributed by atoms with van der Waals surface area (Å²) in [6, 6.07) is 0. The number of hydrogen-bond acceptors (Lipinski definition) is 4. The highest BCUT2D eigenvalue weighted by Crippen LogP contribution is 2.33. The molecule has 0 heterocycles. The lowest BCUT2D eigenvalue weighted by Gasteiger charge is -2.37. The van der Waals surface area contributed by atoms with Gasteiger partial charge in [-0.1, -0.05) is 39.5 Å². The third-order valence-electron chi connectivity index (χ3n) is 3.68. The summed E-state index contributed by atoms with van der Waals surface area (Å²) in [6.45, 7) is 3.81.